The van der Waals surface area contributed by atoms with E-state index >= 15 is 0 Å². The Morgan fingerprint density at radius 3 is 2.83 bits per heavy atom. The molecule has 1 aromatic heterocycles. The van der Waals surface area contributed by atoms with Gasteiger partial charge >= 0.3 is 0 Å². The van der Waals surface area contributed by atoms with E-state index in [9.17, 15) is 4.79 Å². The second-order valence-electron chi connectivity index (χ2n) is 3.97. The van der Waals surface area contributed by atoms with Crippen LogP contribution in [0.2, 0.25) is 0 Å². The third-order valence-electron chi connectivity index (χ3n) is 2.72. The van der Waals surface area contributed by atoms with Gasteiger partial charge < -0.3 is 5.32 Å². The van der Waals surface area contributed by atoms with Crippen LogP contribution in [-0.2, 0) is 0 Å². The normalized spacial score (nSPS) is 9.83. The molecule has 0 spiro atoms. The second-order valence-corrected chi connectivity index (χ2v) is 3.97. The Hall–Kier alpha value is -2.61. The summed E-state index contributed by atoms with van der Waals surface area (Å²) in [6.07, 6.45) is 0. The van der Waals surface area contributed by atoms with Crippen LogP contribution >= 0.6 is 0 Å². The Kier molecular flexibility index (Phi) is 3.11. The van der Waals surface area contributed by atoms with Gasteiger partial charge in [0.05, 0.1) is 11.6 Å². The molecule has 5 heteroatoms. The molecule has 0 bridgehead atoms. The topological polar surface area (TPSA) is 81.6 Å². The lowest BCUT2D eigenvalue weighted by atomic mass is 10.2. The number of H-pyrrole nitrogens is 1. The average molecular weight is 240 g/mol. The number of carbonyl (C=O) groups excluding carboxylic acids is 1. The number of nitriles is 1. The molecular weight excluding hydrogens is 228 g/mol. The number of nitrogens with one attached hydrogen (secondary N) is 2. The van der Waals surface area contributed by atoms with Crippen LogP contribution in [0.1, 0.15) is 27.3 Å². The van der Waals surface area contributed by atoms with Gasteiger partial charge in [0.15, 0.2) is 5.69 Å². The molecule has 90 valence electrons. The third-order valence-corrected chi connectivity index (χ3v) is 2.72. The van der Waals surface area contributed by atoms with E-state index in [0.717, 1.165) is 11.3 Å². The summed E-state index contributed by atoms with van der Waals surface area (Å²) in [7, 11) is 0. The number of rotatable bonds is 2. The molecule has 2 N–H and O–H groups in total. The first-order valence-electron chi connectivity index (χ1n) is 5.45. The zero-order chi connectivity index (χ0) is 13.1. The van der Waals surface area contributed by atoms with E-state index in [0.29, 0.717) is 16.9 Å². The number of anilines is 1. The van der Waals surface area contributed by atoms with Crippen molar-refractivity contribution < 1.29 is 4.79 Å². The number of hydrogen-bond donors (Lipinski definition) is 2. The zero-order valence-corrected chi connectivity index (χ0v) is 10.1. The minimum Gasteiger partial charge on any atom is -0.321 e. The van der Waals surface area contributed by atoms with E-state index in [-0.39, 0.29) is 5.91 Å². The predicted octanol–water partition coefficient (Wildman–Crippen LogP) is 2.15. The molecule has 0 fully saturated rings. The predicted molar refractivity (Wildman–Crippen MR) is 67.2 cm³/mol. The molecular formula is C13H12N4O. The summed E-state index contributed by atoms with van der Waals surface area (Å²) in [6.45, 7) is 3.69. The number of aryl methyl sites for hydroxylation is 1. The Morgan fingerprint density at radius 2 is 2.22 bits per heavy atom. The summed E-state index contributed by atoms with van der Waals surface area (Å²) in [6, 6.07) is 8.77. The monoisotopic (exact) mass is 240 g/mol. The molecule has 2 rings (SSSR count). The Balaban J connectivity index is 2.22. The molecule has 5 nitrogen and oxygen atoms in total. The maximum Gasteiger partial charge on any atom is 0.276 e. The smallest absolute Gasteiger partial charge is 0.276 e. The fourth-order valence-electron chi connectivity index (χ4n) is 1.56. The number of aromatic nitrogens is 2. The van der Waals surface area contributed by atoms with Gasteiger partial charge in [-0.25, -0.2) is 0 Å². The summed E-state index contributed by atoms with van der Waals surface area (Å²) in [5.41, 5.74) is 3.14. The lowest BCUT2D eigenvalue weighted by molar-refractivity contribution is 0.102. The van der Waals surface area contributed by atoms with Gasteiger partial charge in [-0.1, -0.05) is 6.07 Å². The lowest BCUT2D eigenvalue weighted by Gasteiger charge is -2.03. The summed E-state index contributed by atoms with van der Waals surface area (Å²) in [5, 5.41) is 18.2. The van der Waals surface area contributed by atoms with Crippen LogP contribution in [0.25, 0.3) is 0 Å². The summed E-state index contributed by atoms with van der Waals surface area (Å²) >= 11 is 0. The fourth-order valence-corrected chi connectivity index (χ4v) is 1.56. The number of nitrogens with zero attached hydrogens (tertiary/aromatic N) is 2. The lowest BCUT2D eigenvalue weighted by Crippen LogP contribution is -2.13. The molecule has 2 aromatic rings. The van der Waals surface area contributed by atoms with Crippen LogP contribution in [0.3, 0.4) is 0 Å². The summed E-state index contributed by atoms with van der Waals surface area (Å²) in [5.74, 6) is -0.285. The first-order chi connectivity index (χ1) is 8.61. The molecule has 1 aromatic carbocycles. The van der Waals surface area contributed by atoms with Crippen molar-refractivity contribution in [2.45, 2.75) is 13.8 Å². The van der Waals surface area contributed by atoms with Gasteiger partial charge in [0, 0.05) is 16.9 Å². The molecule has 0 aliphatic carbocycles. The first-order valence-corrected chi connectivity index (χ1v) is 5.45. The van der Waals surface area contributed by atoms with Gasteiger partial charge in [0.25, 0.3) is 5.91 Å². The molecule has 0 unspecified atom stereocenters. The van der Waals surface area contributed by atoms with Crippen molar-refractivity contribution in [3.8, 4) is 6.07 Å². The summed E-state index contributed by atoms with van der Waals surface area (Å²) < 4.78 is 0. The Labute approximate surface area is 104 Å². The molecule has 0 saturated carbocycles. The van der Waals surface area contributed by atoms with Crippen LogP contribution in [0.15, 0.2) is 24.3 Å². The maximum atomic E-state index is 12.0. The third kappa shape index (κ3) is 2.23. The van der Waals surface area contributed by atoms with E-state index in [1.165, 1.54) is 0 Å². The van der Waals surface area contributed by atoms with E-state index in [2.05, 4.69) is 15.5 Å². The molecule has 0 aliphatic heterocycles. The standard InChI is InChI=1S/C13H12N4O/c1-8-9(2)16-17-12(8)13(18)15-11-5-3-4-10(6-11)7-14/h3-6H,1-2H3,(H,15,18)(H,16,17). The quantitative estimate of drug-likeness (QED) is 0.843. The van der Waals surface area contributed by atoms with Crippen molar-refractivity contribution in [3.63, 3.8) is 0 Å². The van der Waals surface area contributed by atoms with Gasteiger partial charge in [0.1, 0.15) is 0 Å². The number of benzene rings is 1. The Bertz CT molecular complexity index is 637. The van der Waals surface area contributed by atoms with E-state index in [1.54, 1.807) is 24.3 Å². The number of carbonyl (C=O) groups is 1. The molecule has 0 radical (unpaired) electrons. The van der Waals surface area contributed by atoms with Crippen molar-refractivity contribution in [2.75, 3.05) is 5.32 Å². The number of hydrogen-bond acceptors (Lipinski definition) is 3. The highest BCUT2D eigenvalue weighted by Gasteiger charge is 2.14. The highest BCUT2D eigenvalue weighted by Crippen LogP contribution is 2.13. The van der Waals surface area contributed by atoms with Crippen LogP contribution in [0, 0.1) is 25.2 Å². The van der Waals surface area contributed by atoms with Crippen LogP contribution in [0.4, 0.5) is 5.69 Å². The minimum absolute atomic E-state index is 0.285. The highest BCUT2D eigenvalue weighted by molar-refractivity contribution is 6.04. The molecule has 0 atom stereocenters. The zero-order valence-electron chi connectivity index (χ0n) is 10.1. The van der Waals surface area contributed by atoms with E-state index in [1.807, 2.05) is 19.9 Å². The van der Waals surface area contributed by atoms with Crippen molar-refractivity contribution >= 4 is 11.6 Å². The molecule has 1 heterocycles. The van der Waals surface area contributed by atoms with Gasteiger partial charge in [-0.05, 0) is 32.0 Å². The maximum absolute atomic E-state index is 12.0. The second kappa shape index (κ2) is 4.72. The van der Waals surface area contributed by atoms with Gasteiger partial charge in [-0.3, -0.25) is 9.89 Å². The van der Waals surface area contributed by atoms with Crippen molar-refractivity contribution in [3.05, 3.63) is 46.8 Å². The molecule has 0 saturated heterocycles. The van der Waals surface area contributed by atoms with Crippen molar-refractivity contribution in [2.24, 2.45) is 0 Å². The largest absolute Gasteiger partial charge is 0.321 e. The first kappa shape index (κ1) is 11.9. The van der Waals surface area contributed by atoms with Crippen LogP contribution in [0.5, 0.6) is 0 Å². The van der Waals surface area contributed by atoms with Gasteiger partial charge in [-0.15, -0.1) is 0 Å². The highest BCUT2D eigenvalue weighted by atomic mass is 16.1. The Morgan fingerprint density at radius 1 is 1.44 bits per heavy atom. The van der Waals surface area contributed by atoms with Gasteiger partial charge in [-0.2, -0.15) is 10.4 Å². The van der Waals surface area contributed by atoms with Crippen LogP contribution < -0.4 is 5.32 Å². The minimum atomic E-state index is -0.285. The number of aromatic amines is 1. The average Bonchev–Trinajstić information content (AvgIpc) is 2.70. The molecule has 1 amide bonds. The van der Waals surface area contributed by atoms with E-state index < -0.39 is 0 Å². The molecule has 0 aliphatic rings. The number of amides is 1. The SMILES string of the molecule is Cc1[nH]nc(C(=O)Nc2cccc(C#N)c2)c1C. The van der Waals surface area contributed by atoms with Crippen LogP contribution in [-0.4, -0.2) is 16.1 Å². The van der Waals surface area contributed by atoms with E-state index in [4.69, 9.17) is 5.26 Å². The van der Waals surface area contributed by atoms with Crippen molar-refractivity contribution in [1.29, 1.82) is 5.26 Å². The summed E-state index contributed by atoms with van der Waals surface area (Å²) in [4.78, 5) is 12.0. The fraction of sp³-hybridized carbons (Fsp3) is 0.154. The van der Waals surface area contributed by atoms with Crippen molar-refractivity contribution in [1.82, 2.24) is 10.2 Å². The van der Waals surface area contributed by atoms with Gasteiger partial charge in [0.2, 0.25) is 0 Å². The molecule has 18 heavy (non-hydrogen) atoms.